The van der Waals surface area contributed by atoms with Gasteiger partial charge in [-0.2, -0.15) is 0 Å². The first-order valence-electron chi connectivity index (χ1n) is 10.5. The SMILES string of the molecule is CCCCC(CC)COP(=O)(OCC(CC)CCCC)c1ccccc1. The van der Waals surface area contributed by atoms with Gasteiger partial charge in [0.1, 0.15) is 0 Å². The van der Waals surface area contributed by atoms with Gasteiger partial charge < -0.3 is 9.05 Å². The summed E-state index contributed by atoms with van der Waals surface area (Å²) in [5, 5.41) is 0.677. The van der Waals surface area contributed by atoms with Crippen LogP contribution in [0.3, 0.4) is 0 Å². The van der Waals surface area contributed by atoms with Gasteiger partial charge in [-0.3, -0.25) is 4.57 Å². The third kappa shape index (κ3) is 8.37. The fraction of sp³-hybridized carbons (Fsp3) is 0.727. The van der Waals surface area contributed by atoms with Crippen LogP contribution in [0.1, 0.15) is 79.1 Å². The lowest BCUT2D eigenvalue weighted by Gasteiger charge is -2.24. The number of rotatable bonds is 15. The molecule has 0 bridgehead atoms. The molecular formula is C22H39O3P. The van der Waals surface area contributed by atoms with Crippen molar-refractivity contribution in [3.8, 4) is 0 Å². The minimum Gasteiger partial charge on any atom is -0.305 e. The minimum absolute atomic E-state index is 0.442. The van der Waals surface area contributed by atoms with Gasteiger partial charge in [-0.25, -0.2) is 0 Å². The molecule has 0 aliphatic carbocycles. The van der Waals surface area contributed by atoms with Crippen LogP contribution in [-0.2, 0) is 13.6 Å². The highest BCUT2D eigenvalue weighted by Gasteiger charge is 2.29. The lowest BCUT2D eigenvalue weighted by atomic mass is 10.0. The van der Waals surface area contributed by atoms with Crippen molar-refractivity contribution in [2.75, 3.05) is 13.2 Å². The lowest BCUT2D eigenvalue weighted by Crippen LogP contribution is -2.17. The first kappa shape index (κ1) is 23.4. The van der Waals surface area contributed by atoms with Crippen molar-refractivity contribution in [3.05, 3.63) is 30.3 Å². The molecule has 0 fully saturated rings. The molecule has 0 aromatic heterocycles. The molecule has 150 valence electrons. The average Bonchev–Trinajstić information content (AvgIpc) is 2.69. The topological polar surface area (TPSA) is 35.5 Å². The summed E-state index contributed by atoms with van der Waals surface area (Å²) in [4.78, 5) is 0. The summed E-state index contributed by atoms with van der Waals surface area (Å²) in [6, 6.07) is 9.45. The average molecular weight is 383 g/mol. The van der Waals surface area contributed by atoms with E-state index in [0.29, 0.717) is 30.4 Å². The highest BCUT2D eigenvalue weighted by atomic mass is 31.2. The van der Waals surface area contributed by atoms with Gasteiger partial charge in [-0.15, -0.1) is 0 Å². The van der Waals surface area contributed by atoms with Gasteiger partial charge in [0.2, 0.25) is 0 Å². The van der Waals surface area contributed by atoms with E-state index in [0.717, 1.165) is 25.7 Å². The van der Waals surface area contributed by atoms with Crippen molar-refractivity contribution in [3.63, 3.8) is 0 Å². The largest absolute Gasteiger partial charge is 0.361 e. The van der Waals surface area contributed by atoms with E-state index in [1.807, 2.05) is 30.3 Å². The molecule has 0 saturated heterocycles. The van der Waals surface area contributed by atoms with Crippen LogP contribution in [0.25, 0.3) is 0 Å². The molecule has 26 heavy (non-hydrogen) atoms. The van der Waals surface area contributed by atoms with E-state index in [-0.39, 0.29) is 0 Å². The maximum atomic E-state index is 13.6. The third-order valence-electron chi connectivity index (χ3n) is 5.12. The molecule has 0 aliphatic rings. The predicted molar refractivity (Wildman–Crippen MR) is 112 cm³/mol. The summed E-state index contributed by atoms with van der Waals surface area (Å²) in [5.74, 6) is 0.885. The van der Waals surface area contributed by atoms with Gasteiger partial charge in [0.25, 0.3) is 0 Å². The van der Waals surface area contributed by atoms with Gasteiger partial charge in [0.15, 0.2) is 0 Å². The molecule has 0 aliphatic heterocycles. The maximum Gasteiger partial charge on any atom is 0.361 e. The van der Waals surface area contributed by atoms with Crippen LogP contribution in [0.2, 0.25) is 0 Å². The zero-order valence-corrected chi connectivity index (χ0v) is 18.2. The molecule has 1 aromatic rings. The summed E-state index contributed by atoms with van der Waals surface area (Å²) in [6.07, 6.45) is 9.07. The smallest absolute Gasteiger partial charge is 0.305 e. The molecule has 0 spiro atoms. The second-order valence-electron chi connectivity index (χ2n) is 7.26. The second-order valence-corrected chi connectivity index (χ2v) is 9.29. The number of hydrogen-bond acceptors (Lipinski definition) is 3. The third-order valence-corrected chi connectivity index (χ3v) is 7.03. The molecule has 2 unspecified atom stereocenters. The Labute approximate surface area is 161 Å². The van der Waals surface area contributed by atoms with Crippen molar-refractivity contribution in [2.45, 2.75) is 79.1 Å². The summed E-state index contributed by atoms with van der Waals surface area (Å²) >= 11 is 0. The first-order chi connectivity index (χ1) is 12.6. The van der Waals surface area contributed by atoms with Crippen molar-refractivity contribution < 1.29 is 13.6 Å². The predicted octanol–water partition coefficient (Wildman–Crippen LogP) is 6.97. The molecule has 1 rings (SSSR count). The summed E-state index contributed by atoms with van der Waals surface area (Å²) in [6.45, 7) is 9.77. The van der Waals surface area contributed by atoms with Crippen molar-refractivity contribution in [2.24, 2.45) is 11.8 Å². The van der Waals surface area contributed by atoms with Gasteiger partial charge >= 0.3 is 7.60 Å². The summed E-state index contributed by atoms with van der Waals surface area (Å²) in [7, 11) is -3.27. The molecule has 4 heteroatoms. The number of benzene rings is 1. The van der Waals surface area contributed by atoms with E-state index >= 15 is 0 Å². The molecule has 0 heterocycles. The van der Waals surface area contributed by atoms with Crippen LogP contribution in [0.15, 0.2) is 30.3 Å². The Hall–Kier alpha value is -0.630. The fourth-order valence-corrected chi connectivity index (χ4v) is 4.72. The van der Waals surface area contributed by atoms with E-state index < -0.39 is 7.60 Å². The van der Waals surface area contributed by atoms with E-state index in [1.165, 1.54) is 25.7 Å². The molecule has 3 nitrogen and oxygen atoms in total. The molecular weight excluding hydrogens is 343 g/mol. The van der Waals surface area contributed by atoms with E-state index in [1.54, 1.807) is 0 Å². The van der Waals surface area contributed by atoms with Crippen LogP contribution in [0.5, 0.6) is 0 Å². The van der Waals surface area contributed by atoms with Crippen LogP contribution in [0.4, 0.5) is 0 Å². The van der Waals surface area contributed by atoms with Crippen LogP contribution in [-0.4, -0.2) is 13.2 Å². The zero-order valence-electron chi connectivity index (χ0n) is 17.3. The first-order valence-corrected chi connectivity index (χ1v) is 12.1. The Bertz CT molecular complexity index is 479. The van der Waals surface area contributed by atoms with Crippen LogP contribution in [0, 0.1) is 11.8 Å². The Kier molecular flexibility index (Phi) is 12.2. The highest BCUT2D eigenvalue weighted by molar-refractivity contribution is 7.62. The van der Waals surface area contributed by atoms with Crippen molar-refractivity contribution >= 4 is 12.9 Å². The zero-order chi connectivity index (χ0) is 19.3. The van der Waals surface area contributed by atoms with Crippen molar-refractivity contribution in [1.29, 1.82) is 0 Å². The Balaban J connectivity index is 2.78. The maximum absolute atomic E-state index is 13.6. The lowest BCUT2D eigenvalue weighted by molar-refractivity contribution is 0.157. The molecule has 0 saturated carbocycles. The van der Waals surface area contributed by atoms with Crippen molar-refractivity contribution in [1.82, 2.24) is 0 Å². The number of unbranched alkanes of at least 4 members (excludes halogenated alkanes) is 2. The fourth-order valence-electron chi connectivity index (χ4n) is 3.00. The Morgan fingerprint density at radius 2 is 1.27 bits per heavy atom. The standard InChI is InChI=1S/C22H39O3P/c1-5-9-14-20(7-3)18-24-26(23,22-16-12-11-13-17-22)25-19-21(8-4)15-10-6-2/h11-13,16-17,20-21H,5-10,14-15,18-19H2,1-4H3. The van der Waals surface area contributed by atoms with Crippen LogP contribution < -0.4 is 5.30 Å². The summed E-state index contributed by atoms with van der Waals surface area (Å²) in [5.41, 5.74) is 0. The van der Waals surface area contributed by atoms with E-state index in [4.69, 9.17) is 9.05 Å². The number of hydrogen-bond donors (Lipinski definition) is 0. The Morgan fingerprint density at radius 3 is 1.65 bits per heavy atom. The van der Waals surface area contributed by atoms with Gasteiger partial charge in [0.05, 0.1) is 18.5 Å². The second kappa shape index (κ2) is 13.5. The molecule has 2 atom stereocenters. The molecule has 1 aromatic carbocycles. The molecule has 0 N–H and O–H groups in total. The quantitative estimate of drug-likeness (QED) is 0.307. The minimum atomic E-state index is -3.27. The van der Waals surface area contributed by atoms with Gasteiger partial charge in [-0.05, 0) is 36.8 Å². The summed E-state index contributed by atoms with van der Waals surface area (Å²) < 4.78 is 25.6. The van der Waals surface area contributed by atoms with Gasteiger partial charge in [-0.1, -0.05) is 84.4 Å². The normalized spacial score (nSPS) is 16.2. The van der Waals surface area contributed by atoms with E-state index in [2.05, 4.69) is 27.7 Å². The highest BCUT2D eigenvalue weighted by Crippen LogP contribution is 2.48. The van der Waals surface area contributed by atoms with Crippen LogP contribution >= 0.6 is 7.60 Å². The Morgan fingerprint density at radius 1 is 0.808 bits per heavy atom. The van der Waals surface area contributed by atoms with Gasteiger partial charge in [0, 0.05) is 0 Å². The molecule has 0 radical (unpaired) electrons. The monoisotopic (exact) mass is 382 g/mol. The van der Waals surface area contributed by atoms with E-state index in [9.17, 15) is 4.57 Å². The molecule has 0 amide bonds.